The van der Waals surface area contributed by atoms with Gasteiger partial charge in [0.05, 0.1) is 7.05 Å². The molecular formula is C3H7ClN2O2. The summed E-state index contributed by atoms with van der Waals surface area (Å²) in [6.07, 6.45) is 1.47. The van der Waals surface area contributed by atoms with E-state index in [0.29, 0.717) is 0 Å². The van der Waals surface area contributed by atoms with Gasteiger partial charge in [-0.2, -0.15) is 5.01 Å². The van der Waals surface area contributed by atoms with Crippen molar-refractivity contribution < 1.29 is 27.9 Å². The third kappa shape index (κ3) is 1.48. The van der Waals surface area contributed by atoms with E-state index in [0.717, 1.165) is 0 Å². The van der Waals surface area contributed by atoms with Crippen LogP contribution in [0.3, 0.4) is 0 Å². The number of aliphatic hydroxyl groups is 1. The van der Waals surface area contributed by atoms with E-state index < -0.39 is 0 Å². The molecule has 5 heteroatoms. The molecule has 0 bridgehead atoms. The van der Waals surface area contributed by atoms with E-state index >= 15 is 0 Å². The summed E-state index contributed by atoms with van der Waals surface area (Å²) in [5.41, 5.74) is 1.41. The third-order valence-corrected chi connectivity index (χ3v) is 0.654. The summed E-state index contributed by atoms with van der Waals surface area (Å²) < 4.78 is 0. The summed E-state index contributed by atoms with van der Waals surface area (Å²) >= 11 is 0. The lowest BCUT2D eigenvalue weighted by molar-refractivity contribution is -0.970. The zero-order valence-electron chi connectivity index (χ0n) is 4.34. The molecule has 1 aliphatic rings. The van der Waals surface area contributed by atoms with E-state index in [9.17, 15) is 0 Å². The molecule has 0 amide bonds. The maximum atomic E-state index is 8.47. The molecule has 0 aliphatic carbocycles. The molecule has 1 aliphatic heterocycles. The van der Waals surface area contributed by atoms with Crippen LogP contribution >= 0.6 is 0 Å². The first-order valence-corrected chi connectivity index (χ1v) is 1.92. The summed E-state index contributed by atoms with van der Waals surface area (Å²) in [5, 5.41) is 10.1. The van der Waals surface area contributed by atoms with Crippen molar-refractivity contribution in [3.8, 4) is 0 Å². The van der Waals surface area contributed by atoms with Gasteiger partial charge in [0.15, 0.2) is 0 Å². The molecule has 0 unspecified atom stereocenters. The fraction of sp³-hybridized carbons (Fsp3) is 0.333. The molecule has 48 valence electrons. The molecule has 1 rings (SSSR count). The highest BCUT2D eigenvalue weighted by molar-refractivity contribution is 4.75. The van der Waals surface area contributed by atoms with E-state index in [1.165, 1.54) is 11.8 Å². The minimum atomic E-state index is -0.0532. The van der Waals surface area contributed by atoms with E-state index in [4.69, 9.17) is 5.11 Å². The molecule has 0 spiro atoms. The Morgan fingerprint density at radius 3 is 2.62 bits per heavy atom. The molecule has 0 aromatic rings. The van der Waals surface area contributed by atoms with Gasteiger partial charge in [-0.3, -0.25) is 4.84 Å². The van der Waals surface area contributed by atoms with Crippen LogP contribution in [0.4, 0.5) is 0 Å². The number of nitrogens with two attached hydrogens (primary N) is 1. The third-order valence-electron chi connectivity index (χ3n) is 0.654. The van der Waals surface area contributed by atoms with Gasteiger partial charge in [0.25, 0.3) is 0 Å². The monoisotopic (exact) mass is 138 g/mol. The zero-order chi connectivity index (χ0) is 5.28. The molecule has 0 aromatic carbocycles. The quantitative estimate of drug-likeness (QED) is 0.333. The second-order valence-electron chi connectivity index (χ2n) is 1.36. The van der Waals surface area contributed by atoms with Crippen LogP contribution in [0.2, 0.25) is 0 Å². The SMILES string of the molecule is CN1C=C(O)O[NH2+]1.[Cl-]. The highest BCUT2D eigenvalue weighted by Gasteiger charge is 2.09. The summed E-state index contributed by atoms with van der Waals surface area (Å²) in [6, 6.07) is 0. The Kier molecular flexibility index (Phi) is 2.44. The minimum absolute atomic E-state index is 0. The molecule has 0 fully saturated rings. The highest BCUT2D eigenvalue weighted by Crippen LogP contribution is 1.88. The standard InChI is InChI=1S/C3H6N2O2.ClH/c1-5-2-3(6)7-4-5;/h2,4,6H,1H3;1H. The molecule has 0 atom stereocenters. The molecule has 3 N–H and O–H groups in total. The molecule has 8 heavy (non-hydrogen) atoms. The van der Waals surface area contributed by atoms with Gasteiger partial charge in [-0.15, -0.1) is 0 Å². The lowest BCUT2D eigenvalue weighted by atomic mass is 10.9. The number of hydrogen-bond donors (Lipinski definition) is 2. The number of aliphatic hydroxyl groups excluding tert-OH is 1. The van der Waals surface area contributed by atoms with Gasteiger partial charge >= 0.3 is 5.95 Å². The van der Waals surface area contributed by atoms with E-state index in [-0.39, 0.29) is 18.4 Å². The van der Waals surface area contributed by atoms with Crippen LogP contribution in [0, 0.1) is 0 Å². The Bertz CT molecular complexity index is 105. The summed E-state index contributed by atoms with van der Waals surface area (Å²) in [4.78, 5) is 4.48. The van der Waals surface area contributed by atoms with Gasteiger partial charge in [0.2, 0.25) is 0 Å². The Hall–Kier alpha value is -0.610. The summed E-state index contributed by atoms with van der Waals surface area (Å²) in [5.74, 6) is -0.0532. The Morgan fingerprint density at radius 1 is 1.88 bits per heavy atom. The second kappa shape index (κ2) is 2.64. The van der Waals surface area contributed by atoms with Crippen molar-refractivity contribution in [2.45, 2.75) is 0 Å². The average molecular weight is 139 g/mol. The van der Waals surface area contributed by atoms with Crippen LogP contribution in [-0.2, 0) is 4.84 Å². The molecule has 0 saturated carbocycles. The van der Waals surface area contributed by atoms with Crippen LogP contribution in [0.15, 0.2) is 12.1 Å². The van der Waals surface area contributed by atoms with Crippen LogP contribution in [-0.4, -0.2) is 17.2 Å². The van der Waals surface area contributed by atoms with Gasteiger partial charge in [-0.05, 0) is 0 Å². The molecule has 0 saturated heterocycles. The van der Waals surface area contributed by atoms with Gasteiger partial charge in [0.1, 0.15) is 6.20 Å². The number of hydrogen-bond acceptors (Lipinski definition) is 3. The highest BCUT2D eigenvalue weighted by atomic mass is 35.5. The molecule has 1 heterocycles. The zero-order valence-corrected chi connectivity index (χ0v) is 5.09. The fourth-order valence-corrected chi connectivity index (χ4v) is 0.372. The Balaban J connectivity index is 0.000000490. The van der Waals surface area contributed by atoms with Crippen LogP contribution < -0.4 is 18.0 Å². The normalized spacial score (nSPS) is 16.6. The van der Waals surface area contributed by atoms with Crippen molar-refractivity contribution in [3.05, 3.63) is 12.1 Å². The average Bonchev–Trinajstić information content (AvgIpc) is 1.87. The summed E-state index contributed by atoms with van der Waals surface area (Å²) in [6.45, 7) is 0. The number of nitrogens with zero attached hydrogens (tertiary/aromatic N) is 1. The maximum Gasteiger partial charge on any atom is 0.365 e. The fourth-order valence-electron chi connectivity index (χ4n) is 0.372. The van der Waals surface area contributed by atoms with E-state index in [1.54, 1.807) is 12.1 Å². The van der Waals surface area contributed by atoms with Crippen molar-refractivity contribution >= 4 is 0 Å². The van der Waals surface area contributed by atoms with Crippen molar-refractivity contribution in [1.82, 2.24) is 5.01 Å². The van der Waals surface area contributed by atoms with E-state index in [1.807, 2.05) is 0 Å². The van der Waals surface area contributed by atoms with Crippen LogP contribution in [0.25, 0.3) is 0 Å². The number of quaternary nitrogens is 1. The topological polar surface area (TPSA) is 49.3 Å². The van der Waals surface area contributed by atoms with Gasteiger partial charge in [-0.1, -0.05) is 5.59 Å². The second-order valence-corrected chi connectivity index (χ2v) is 1.36. The Labute approximate surface area is 53.1 Å². The first-order valence-electron chi connectivity index (χ1n) is 1.92. The maximum absolute atomic E-state index is 8.47. The van der Waals surface area contributed by atoms with Crippen LogP contribution in [0.5, 0.6) is 0 Å². The molecule has 4 nitrogen and oxygen atoms in total. The van der Waals surface area contributed by atoms with Crippen LogP contribution in [0.1, 0.15) is 0 Å². The first kappa shape index (κ1) is 7.39. The van der Waals surface area contributed by atoms with Crippen molar-refractivity contribution in [2.24, 2.45) is 0 Å². The molecule has 0 aromatic heterocycles. The lowest BCUT2D eigenvalue weighted by Gasteiger charge is -1.95. The predicted octanol–water partition coefficient (Wildman–Crippen LogP) is -4.30. The number of halogens is 1. The predicted molar refractivity (Wildman–Crippen MR) is 21.5 cm³/mol. The van der Waals surface area contributed by atoms with Crippen molar-refractivity contribution in [2.75, 3.05) is 7.05 Å². The van der Waals surface area contributed by atoms with Crippen molar-refractivity contribution in [1.29, 1.82) is 0 Å². The van der Waals surface area contributed by atoms with E-state index in [2.05, 4.69) is 4.84 Å². The smallest absolute Gasteiger partial charge is 0.365 e. The van der Waals surface area contributed by atoms with Gasteiger partial charge in [-0.25, -0.2) is 0 Å². The largest absolute Gasteiger partial charge is 1.00 e. The molecule has 0 radical (unpaired) electrons. The Morgan fingerprint density at radius 2 is 2.50 bits per heavy atom. The lowest BCUT2D eigenvalue weighted by Crippen LogP contribution is -3.00. The summed E-state index contributed by atoms with van der Waals surface area (Å²) in [7, 11) is 1.77. The first-order chi connectivity index (χ1) is 3.29. The van der Waals surface area contributed by atoms with Crippen molar-refractivity contribution in [3.63, 3.8) is 0 Å². The van der Waals surface area contributed by atoms with Gasteiger partial charge in [0, 0.05) is 0 Å². The molecular weight excluding hydrogens is 131 g/mol. The van der Waals surface area contributed by atoms with Gasteiger partial charge < -0.3 is 17.5 Å². The number of rotatable bonds is 0. The minimum Gasteiger partial charge on any atom is -1.00 e.